The summed E-state index contributed by atoms with van der Waals surface area (Å²) in [5, 5.41) is 0. The van der Waals surface area contributed by atoms with E-state index < -0.39 is 0 Å². The molecular formula is C14H20O. The molecule has 1 aliphatic rings. The van der Waals surface area contributed by atoms with Crippen LogP contribution >= 0.6 is 0 Å². The SMILES string of the molecule is CCC1CCC(CCc2ccccc2)O1. The van der Waals surface area contributed by atoms with Crippen molar-refractivity contribution in [3.8, 4) is 0 Å². The molecule has 1 saturated heterocycles. The summed E-state index contributed by atoms with van der Waals surface area (Å²) in [5.41, 5.74) is 1.43. The van der Waals surface area contributed by atoms with Crippen molar-refractivity contribution in [2.45, 2.75) is 51.2 Å². The molecular weight excluding hydrogens is 184 g/mol. The molecule has 1 aromatic carbocycles. The quantitative estimate of drug-likeness (QED) is 0.728. The van der Waals surface area contributed by atoms with Crippen LogP contribution in [0.15, 0.2) is 30.3 Å². The Bertz CT molecular complexity index is 281. The molecule has 0 spiro atoms. The molecule has 2 rings (SSSR count). The van der Waals surface area contributed by atoms with E-state index in [0.717, 1.165) is 6.42 Å². The Balaban J connectivity index is 1.75. The van der Waals surface area contributed by atoms with Crippen LogP contribution in [-0.4, -0.2) is 12.2 Å². The zero-order chi connectivity index (χ0) is 10.5. The van der Waals surface area contributed by atoms with E-state index in [2.05, 4.69) is 37.3 Å². The van der Waals surface area contributed by atoms with E-state index in [-0.39, 0.29) is 0 Å². The minimum absolute atomic E-state index is 0.509. The van der Waals surface area contributed by atoms with E-state index in [1.54, 1.807) is 0 Å². The molecule has 1 heterocycles. The Morgan fingerprint density at radius 1 is 1.13 bits per heavy atom. The summed E-state index contributed by atoms with van der Waals surface area (Å²) in [6.07, 6.45) is 7.06. The second-order valence-corrected chi connectivity index (χ2v) is 4.39. The maximum atomic E-state index is 5.93. The third-order valence-electron chi connectivity index (χ3n) is 3.25. The maximum absolute atomic E-state index is 5.93. The van der Waals surface area contributed by atoms with E-state index in [1.807, 2.05) is 0 Å². The minimum Gasteiger partial charge on any atom is -0.375 e. The van der Waals surface area contributed by atoms with Crippen LogP contribution in [0.2, 0.25) is 0 Å². The van der Waals surface area contributed by atoms with Crippen LogP contribution in [0, 0.1) is 0 Å². The molecule has 0 aliphatic carbocycles. The lowest BCUT2D eigenvalue weighted by Crippen LogP contribution is -2.10. The van der Waals surface area contributed by atoms with Crippen LogP contribution in [0.25, 0.3) is 0 Å². The highest BCUT2D eigenvalue weighted by Gasteiger charge is 2.23. The third kappa shape index (κ3) is 3.07. The van der Waals surface area contributed by atoms with E-state index in [4.69, 9.17) is 4.74 Å². The summed E-state index contributed by atoms with van der Waals surface area (Å²) in [7, 11) is 0. The zero-order valence-electron chi connectivity index (χ0n) is 9.49. The molecule has 0 bridgehead atoms. The molecule has 0 radical (unpaired) electrons. The smallest absolute Gasteiger partial charge is 0.0583 e. The molecule has 15 heavy (non-hydrogen) atoms. The Hall–Kier alpha value is -0.820. The Morgan fingerprint density at radius 2 is 1.87 bits per heavy atom. The van der Waals surface area contributed by atoms with Gasteiger partial charge >= 0.3 is 0 Å². The van der Waals surface area contributed by atoms with Crippen LogP contribution in [0.5, 0.6) is 0 Å². The van der Waals surface area contributed by atoms with Gasteiger partial charge in [0.15, 0.2) is 0 Å². The number of hydrogen-bond acceptors (Lipinski definition) is 1. The fourth-order valence-corrected chi connectivity index (χ4v) is 2.27. The average molecular weight is 204 g/mol. The van der Waals surface area contributed by atoms with Gasteiger partial charge in [-0.25, -0.2) is 0 Å². The zero-order valence-corrected chi connectivity index (χ0v) is 9.49. The van der Waals surface area contributed by atoms with Crippen molar-refractivity contribution in [2.75, 3.05) is 0 Å². The predicted octanol–water partition coefficient (Wildman–Crippen LogP) is 3.58. The first-order valence-electron chi connectivity index (χ1n) is 6.08. The number of benzene rings is 1. The number of ether oxygens (including phenoxy) is 1. The standard InChI is InChI=1S/C14H20O/c1-2-13-10-11-14(15-13)9-8-12-6-4-3-5-7-12/h3-7,13-14H,2,8-11H2,1H3. The summed E-state index contributed by atoms with van der Waals surface area (Å²) in [5.74, 6) is 0. The first kappa shape index (κ1) is 10.7. The van der Waals surface area contributed by atoms with Gasteiger partial charge in [0.1, 0.15) is 0 Å². The molecule has 1 heteroatoms. The summed E-state index contributed by atoms with van der Waals surface area (Å²) in [6, 6.07) is 10.7. The van der Waals surface area contributed by atoms with E-state index in [0.29, 0.717) is 12.2 Å². The third-order valence-corrected chi connectivity index (χ3v) is 3.25. The number of rotatable bonds is 4. The van der Waals surface area contributed by atoms with E-state index in [1.165, 1.54) is 31.2 Å². The molecule has 1 fully saturated rings. The number of aryl methyl sites for hydroxylation is 1. The van der Waals surface area contributed by atoms with Gasteiger partial charge in [0.2, 0.25) is 0 Å². The Morgan fingerprint density at radius 3 is 2.53 bits per heavy atom. The van der Waals surface area contributed by atoms with Gasteiger partial charge in [-0.1, -0.05) is 37.3 Å². The summed E-state index contributed by atoms with van der Waals surface area (Å²) < 4.78 is 5.93. The highest BCUT2D eigenvalue weighted by Crippen LogP contribution is 2.24. The van der Waals surface area contributed by atoms with Gasteiger partial charge < -0.3 is 4.74 Å². The summed E-state index contributed by atoms with van der Waals surface area (Å²) >= 11 is 0. The molecule has 82 valence electrons. The largest absolute Gasteiger partial charge is 0.375 e. The predicted molar refractivity (Wildman–Crippen MR) is 62.9 cm³/mol. The second kappa shape index (κ2) is 5.32. The van der Waals surface area contributed by atoms with Crippen molar-refractivity contribution in [1.29, 1.82) is 0 Å². The van der Waals surface area contributed by atoms with Crippen molar-refractivity contribution >= 4 is 0 Å². The Labute approximate surface area is 92.5 Å². The van der Waals surface area contributed by atoms with E-state index in [9.17, 15) is 0 Å². The van der Waals surface area contributed by atoms with Crippen molar-refractivity contribution in [3.05, 3.63) is 35.9 Å². The van der Waals surface area contributed by atoms with Gasteiger partial charge in [0.25, 0.3) is 0 Å². The maximum Gasteiger partial charge on any atom is 0.0583 e. The molecule has 2 unspecified atom stereocenters. The molecule has 1 aliphatic heterocycles. The van der Waals surface area contributed by atoms with Crippen molar-refractivity contribution in [2.24, 2.45) is 0 Å². The van der Waals surface area contributed by atoms with Crippen molar-refractivity contribution < 1.29 is 4.74 Å². The fraction of sp³-hybridized carbons (Fsp3) is 0.571. The molecule has 0 N–H and O–H groups in total. The molecule has 1 nitrogen and oxygen atoms in total. The summed E-state index contributed by atoms with van der Waals surface area (Å²) in [4.78, 5) is 0. The first-order valence-corrected chi connectivity index (χ1v) is 6.08. The van der Waals surface area contributed by atoms with Gasteiger partial charge in [-0.3, -0.25) is 0 Å². The van der Waals surface area contributed by atoms with Gasteiger partial charge in [-0.05, 0) is 37.7 Å². The van der Waals surface area contributed by atoms with Crippen molar-refractivity contribution in [3.63, 3.8) is 0 Å². The van der Waals surface area contributed by atoms with Gasteiger partial charge in [0, 0.05) is 0 Å². The molecule has 0 aromatic heterocycles. The minimum atomic E-state index is 0.509. The van der Waals surface area contributed by atoms with Crippen LogP contribution in [0.4, 0.5) is 0 Å². The Kier molecular flexibility index (Phi) is 3.79. The van der Waals surface area contributed by atoms with Crippen molar-refractivity contribution in [1.82, 2.24) is 0 Å². The van der Waals surface area contributed by atoms with Crippen LogP contribution in [0.1, 0.15) is 38.2 Å². The second-order valence-electron chi connectivity index (χ2n) is 4.39. The van der Waals surface area contributed by atoms with Crippen LogP contribution in [0.3, 0.4) is 0 Å². The van der Waals surface area contributed by atoms with Gasteiger partial charge in [-0.15, -0.1) is 0 Å². The van der Waals surface area contributed by atoms with Gasteiger partial charge in [-0.2, -0.15) is 0 Å². The molecule has 2 atom stereocenters. The first-order chi connectivity index (χ1) is 7.38. The average Bonchev–Trinajstić information content (AvgIpc) is 2.76. The number of hydrogen-bond donors (Lipinski definition) is 0. The summed E-state index contributed by atoms with van der Waals surface area (Å²) in [6.45, 7) is 2.21. The fourth-order valence-electron chi connectivity index (χ4n) is 2.27. The lowest BCUT2D eigenvalue weighted by atomic mass is 10.0. The monoisotopic (exact) mass is 204 g/mol. The lowest BCUT2D eigenvalue weighted by molar-refractivity contribution is 0.0391. The molecule has 0 amide bonds. The lowest BCUT2D eigenvalue weighted by Gasteiger charge is -2.12. The highest BCUT2D eigenvalue weighted by molar-refractivity contribution is 5.14. The van der Waals surface area contributed by atoms with Gasteiger partial charge in [0.05, 0.1) is 12.2 Å². The normalized spacial score (nSPS) is 25.7. The molecule has 0 saturated carbocycles. The molecule has 1 aromatic rings. The van der Waals surface area contributed by atoms with E-state index >= 15 is 0 Å². The van der Waals surface area contributed by atoms with Crippen LogP contribution < -0.4 is 0 Å². The van der Waals surface area contributed by atoms with Crippen LogP contribution in [-0.2, 0) is 11.2 Å². The topological polar surface area (TPSA) is 9.23 Å². The highest BCUT2D eigenvalue weighted by atomic mass is 16.5.